The number of rotatable bonds is 47. The first-order valence-electron chi connectivity index (χ1n) is 25.1. The van der Waals surface area contributed by atoms with E-state index in [9.17, 15) is 18.0 Å². The van der Waals surface area contributed by atoms with Crippen molar-refractivity contribution in [1.29, 1.82) is 0 Å². The molecule has 59 heavy (non-hydrogen) atoms. The van der Waals surface area contributed by atoms with Crippen LogP contribution in [0.15, 0.2) is 0 Å². The molecule has 0 heterocycles. The number of esters is 2. The van der Waals surface area contributed by atoms with Crippen LogP contribution >= 0.6 is 0 Å². The summed E-state index contributed by atoms with van der Waals surface area (Å²) in [6.45, 7) is 11.1. The monoisotopic (exact) mass is 859 g/mol. The number of nitrogens with one attached hydrogen (secondary N) is 3. The van der Waals surface area contributed by atoms with Gasteiger partial charge in [-0.05, 0) is 97.4 Å². The first-order chi connectivity index (χ1) is 28.6. The Morgan fingerprint density at radius 3 is 1.41 bits per heavy atom. The zero-order valence-electron chi connectivity index (χ0n) is 39.5. The molecule has 0 saturated carbocycles. The Balaban J connectivity index is 4.52. The Kier molecular flexibility index (Phi) is 42.4. The summed E-state index contributed by atoms with van der Waals surface area (Å²) in [5.74, 6) is -0.0491. The van der Waals surface area contributed by atoms with Gasteiger partial charge in [0.2, 0.25) is 10.0 Å². The van der Waals surface area contributed by atoms with Gasteiger partial charge in [-0.1, -0.05) is 162 Å². The van der Waals surface area contributed by atoms with E-state index in [1.54, 1.807) is 7.05 Å². The highest BCUT2D eigenvalue weighted by atomic mass is 32.2. The number of nitrogens with zero attached hydrogens (tertiary/aromatic N) is 1. The summed E-state index contributed by atoms with van der Waals surface area (Å²) in [5.41, 5.74) is 0. The van der Waals surface area contributed by atoms with Gasteiger partial charge in [0.15, 0.2) is 0 Å². The minimum atomic E-state index is -3.31. The average Bonchev–Trinajstić information content (AvgIpc) is 3.20. The molecule has 3 N–H and O–H groups in total. The van der Waals surface area contributed by atoms with E-state index in [0.717, 1.165) is 116 Å². The van der Waals surface area contributed by atoms with Crippen molar-refractivity contribution < 1.29 is 27.5 Å². The van der Waals surface area contributed by atoms with Crippen molar-refractivity contribution in [2.45, 2.75) is 251 Å². The Morgan fingerprint density at radius 2 is 0.932 bits per heavy atom. The number of sulfonamides is 1. The van der Waals surface area contributed by atoms with Crippen LogP contribution in [0.4, 0.5) is 0 Å². The van der Waals surface area contributed by atoms with E-state index in [1.165, 1.54) is 115 Å². The van der Waals surface area contributed by atoms with Gasteiger partial charge >= 0.3 is 11.9 Å². The fraction of sp³-hybridized carbons (Fsp3) is 0.958. The molecule has 0 aliphatic rings. The summed E-state index contributed by atoms with van der Waals surface area (Å²) in [6, 6.07) is 0. The van der Waals surface area contributed by atoms with Crippen LogP contribution in [0.3, 0.4) is 0 Å². The van der Waals surface area contributed by atoms with E-state index in [1.807, 2.05) is 0 Å². The summed E-state index contributed by atoms with van der Waals surface area (Å²) >= 11 is 0. The van der Waals surface area contributed by atoms with Crippen LogP contribution in [0.2, 0.25) is 0 Å². The molecule has 0 rings (SSSR count). The average molecular weight is 859 g/mol. The van der Waals surface area contributed by atoms with Crippen LogP contribution in [0.25, 0.3) is 0 Å². The minimum absolute atomic E-state index is 0.00210. The Labute approximate surface area is 366 Å². The van der Waals surface area contributed by atoms with E-state index < -0.39 is 16.3 Å². The van der Waals surface area contributed by atoms with Crippen LogP contribution in [0.1, 0.15) is 239 Å². The van der Waals surface area contributed by atoms with Crippen molar-refractivity contribution in [2.24, 2.45) is 0 Å². The van der Waals surface area contributed by atoms with Gasteiger partial charge in [0, 0.05) is 12.8 Å². The normalized spacial score (nSPS) is 12.5. The smallest absolute Gasteiger partial charge is 0.306 e. The third-order valence-electron chi connectivity index (χ3n) is 11.4. The van der Waals surface area contributed by atoms with Crippen LogP contribution in [0, 0.1) is 0 Å². The molecule has 0 aliphatic carbocycles. The standard InChI is InChI=1S/C48H98N4O6S/c1-6-9-12-15-18-27-34-44-57-46(53)38-30-23-19-25-32-41-52(43-35-40-50-48(49-4)51-59(5,55)56)42-33-26-20-24-31-39-47(54)58-45(36-28-21-16-13-10-7-2)37-29-22-17-14-11-8-3/h45,48-51H,6-44H2,1-5H3. The molecule has 0 amide bonds. The molecule has 352 valence electrons. The molecule has 0 spiro atoms. The van der Waals surface area contributed by atoms with Crippen LogP contribution < -0.4 is 15.4 Å². The van der Waals surface area contributed by atoms with E-state index in [4.69, 9.17) is 9.47 Å². The first kappa shape index (κ1) is 57.7. The Morgan fingerprint density at radius 1 is 0.525 bits per heavy atom. The lowest BCUT2D eigenvalue weighted by molar-refractivity contribution is -0.150. The summed E-state index contributed by atoms with van der Waals surface area (Å²) in [5, 5.41) is 6.22. The van der Waals surface area contributed by atoms with E-state index >= 15 is 0 Å². The summed E-state index contributed by atoms with van der Waals surface area (Å²) in [6.07, 6.45) is 39.3. The van der Waals surface area contributed by atoms with E-state index in [2.05, 4.69) is 41.0 Å². The van der Waals surface area contributed by atoms with Crippen molar-refractivity contribution in [2.75, 3.05) is 46.1 Å². The van der Waals surface area contributed by atoms with Crippen LogP contribution in [-0.4, -0.2) is 83.7 Å². The number of carbonyl (C=O) groups is 2. The van der Waals surface area contributed by atoms with Crippen molar-refractivity contribution in [1.82, 2.24) is 20.3 Å². The number of hydrogen-bond acceptors (Lipinski definition) is 9. The second-order valence-corrected chi connectivity index (χ2v) is 19.1. The SMILES string of the molecule is CCCCCCCCCOC(=O)CCCCCCCN(CCCCCCCC(=O)OC(CCCCCCCC)CCCCCCCC)CCCNC(NC)NS(C)(=O)=O. The lowest BCUT2D eigenvalue weighted by Crippen LogP contribution is -2.53. The van der Waals surface area contributed by atoms with Gasteiger partial charge in [0.25, 0.3) is 0 Å². The van der Waals surface area contributed by atoms with Gasteiger partial charge in [0.1, 0.15) is 12.4 Å². The molecule has 0 aromatic rings. The molecule has 11 heteroatoms. The largest absolute Gasteiger partial charge is 0.466 e. The maximum atomic E-state index is 12.8. The van der Waals surface area contributed by atoms with Crippen molar-refractivity contribution in [3.8, 4) is 0 Å². The molecule has 0 aromatic carbocycles. The van der Waals surface area contributed by atoms with Gasteiger partial charge in [-0.2, -0.15) is 4.72 Å². The number of unbranched alkanes of at least 4 members (excludes halogenated alkanes) is 24. The van der Waals surface area contributed by atoms with Crippen molar-refractivity contribution >= 4 is 22.0 Å². The van der Waals surface area contributed by atoms with Crippen LogP contribution in [-0.2, 0) is 29.1 Å². The quantitative estimate of drug-likeness (QED) is 0.0311. The zero-order chi connectivity index (χ0) is 43.5. The number of ether oxygens (including phenoxy) is 2. The van der Waals surface area contributed by atoms with Crippen LogP contribution in [0.5, 0.6) is 0 Å². The molecule has 0 saturated heterocycles. The third-order valence-corrected chi connectivity index (χ3v) is 12.1. The fourth-order valence-electron chi connectivity index (χ4n) is 7.70. The Bertz CT molecular complexity index is 1020. The summed E-state index contributed by atoms with van der Waals surface area (Å²) < 4.78 is 37.4. The summed E-state index contributed by atoms with van der Waals surface area (Å²) in [7, 11) is -1.58. The lowest BCUT2D eigenvalue weighted by Gasteiger charge is -2.24. The molecule has 0 aromatic heterocycles. The second kappa shape index (κ2) is 43.4. The van der Waals surface area contributed by atoms with Gasteiger partial charge < -0.3 is 14.4 Å². The molecular weight excluding hydrogens is 761 g/mol. The third kappa shape index (κ3) is 43.2. The van der Waals surface area contributed by atoms with E-state index in [-0.39, 0.29) is 18.0 Å². The van der Waals surface area contributed by atoms with E-state index in [0.29, 0.717) is 26.0 Å². The molecule has 1 atom stereocenters. The highest BCUT2D eigenvalue weighted by molar-refractivity contribution is 7.88. The topological polar surface area (TPSA) is 126 Å². The fourth-order valence-corrected chi connectivity index (χ4v) is 8.33. The molecule has 0 aliphatic heterocycles. The van der Waals surface area contributed by atoms with Crippen molar-refractivity contribution in [3.05, 3.63) is 0 Å². The predicted molar refractivity (Wildman–Crippen MR) is 250 cm³/mol. The first-order valence-corrected chi connectivity index (χ1v) is 27.0. The molecular formula is C48H98N4O6S. The lowest BCUT2D eigenvalue weighted by atomic mass is 10.0. The van der Waals surface area contributed by atoms with Gasteiger partial charge in [-0.3, -0.25) is 20.2 Å². The molecule has 0 radical (unpaired) electrons. The second-order valence-electron chi connectivity index (χ2n) is 17.4. The number of carbonyl (C=O) groups excluding carboxylic acids is 2. The zero-order valence-corrected chi connectivity index (χ0v) is 40.4. The molecule has 1 unspecified atom stereocenters. The summed E-state index contributed by atoms with van der Waals surface area (Å²) in [4.78, 5) is 27.5. The maximum absolute atomic E-state index is 12.8. The molecule has 10 nitrogen and oxygen atoms in total. The highest BCUT2D eigenvalue weighted by Gasteiger charge is 2.15. The predicted octanol–water partition coefficient (Wildman–Crippen LogP) is 11.7. The molecule has 0 fully saturated rings. The maximum Gasteiger partial charge on any atom is 0.306 e. The molecule has 0 bridgehead atoms. The number of hydrogen-bond donors (Lipinski definition) is 3. The van der Waals surface area contributed by atoms with Gasteiger partial charge in [0.05, 0.1) is 12.9 Å². The Hall–Kier alpha value is -1.27. The minimum Gasteiger partial charge on any atom is -0.466 e. The van der Waals surface area contributed by atoms with Crippen molar-refractivity contribution in [3.63, 3.8) is 0 Å². The van der Waals surface area contributed by atoms with Gasteiger partial charge in [-0.25, -0.2) is 8.42 Å². The van der Waals surface area contributed by atoms with Gasteiger partial charge in [-0.15, -0.1) is 0 Å². The highest BCUT2D eigenvalue weighted by Crippen LogP contribution is 2.19.